The highest BCUT2D eigenvalue weighted by atomic mass is 32.2. The second kappa shape index (κ2) is 6.14. The molecule has 0 aliphatic carbocycles. The van der Waals surface area contributed by atoms with Crippen molar-refractivity contribution in [2.24, 2.45) is 0 Å². The summed E-state index contributed by atoms with van der Waals surface area (Å²) in [5, 5.41) is 3.57. The lowest BCUT2D eigenvalue weighted by atomic mass is 10.1. The SMILES string of the molecule is CC1CSCCN1c1cnccc1CNC(C)(C)C. The quantitative estimate of drug-likeness (QED) is 0.921. The third kappa shape index (κ3) is 4.11. The van der Waals surface area contributed by atoms with Gasteiger partial charge in [0.2, 0.25) is 0 Å². The summed E-state index contributed by atoms with van der Waals surface area (Å²) in [5.41, 5.74) is 2.79. The Hall–Kier alpha value is -0.740. The Bertz CT molecular complexity index is 414. The second-order valence-electron chi connectivity index (χ2n) is 6.23. The molecular weight excluding hydrogens is 254 g/mol. The summed E-state index contributed by atoms with van der Waals surface area (Å²) in [4.78, 5) is 6.83. The van der Waals surface area contributed by atoms with Gasteiger partial charge >= 0.3 is 0 Å². The van der Waals surface area contributed by atoms with Crippen LogP contribution in [0.5, 0.6) is 0 Å². The number of thioether (sulfide) groups is 1. The maximum Gasteiger partial charge on any atom is 0.0601 e. The van der Waals surface area contributed by atoms with Gasteiger partial charge in [0.25, 0.3) is 0 Å². The van der Waals surface area contributed by atoms with Crippen LogP contribution in [0.15, 0.2) is 18.5 Å². The first kappa shape index (κ1) is 14.7. The van der Waals surface area contributed by atoms with Gasteiger partial charge in [0.15, 0.2) is 0 Å². The molecule has 1 aromatic heterocycles. The lowest BCUT2D eigenvalue weighted by Gasteiger charge is -2.36. The minimum atomic E-state index is 0.143. The molecule has 1 atom stereocenters. The van der Waals surface area contributed by atoms with Crippen molar-refractivity contribution in [3.8, 4) is 0 Å². The normalized spacial score (nSPS) is 20.6. The van der Waals surface area contributed by atoms with Gasteiger partial charge in [-0.15, -0.1) is 0 Å². The van der Waals surface area contributed by atoms with Crippen molar-refractivity contribution in [3.05, 3.63) is 24.0 Å². The molecule has 1 aromatic rings. The number of hydrogen-bond donors (Lipinski definition) is 1. The molecule has 2 rings (SSSR count). The molecule has 19 heavy (non-hydrogen) atoms. The Kier molecular flexibility index (Phi) is 4.74. The van der Waals surface area contributed by atoms with E-state index in [1.54, 1.807) is 0 Å². The molecular formula is C15H25N3S. The van der Waals surface area contributed by atoms with E-state index in [4.69, 9.17) is 0 Å². The third-order valence-corrected chi connectivity index (χ3v) is 4.56. The first-order chi connectivity index (χ1) is 8.97. The van der Waals surface area contributed by atoms with Crippen molar-refractivity contribution >= 4 is 17.4 Å². The molecule has 0 amide bonds. The third-order valence-electron chi connectivity index (χ3n) is 3.37. The number of nitrogens with one attached hydrogen (secondary N) is 1. The monoisotopic (exact) mass is 279 g/mol. The van der Waals surface area contributed by atoms with Gasteiger partial charge in [-0.1, -0.05) is 0 Å². The van der Waals surface area contributed by atoms with Crippen molar-refractivity contribution in [2.75, 3.05) is 23.0 Å². The van der Waals surface area contributed by atoms with E-state index < -0.39 is 0 Å². The minimum Gasteiger partial charge on any atom is -0.366 e. The molecule has 1 N–H and O–H groups in total. The number of hydrogen-bond acceptors (Lipinski definition) is 4. The Labute approximate surface area is 121 Å². The molecule has 1 aliphatic rings. The summed E-state index contributed by atoms with van der Waals surface area (Å²) in [7, 11) is 0. The van der Waals surface area contributed by atoms with E-state index in [-0.39, 0.29) is 5.54 Å². The summed E-state index contributed by atoms with van der Waals surface area (Å²) in [6.07, 6.45) is 3.92. The van der Waals surface area contributed by atoms with Crippen molar-refractivity contribution in [1.82, 2.24) is 10.3 Å². The van der Waals surface area contributed by atoms with Crippen LogP contribution < -0.4 is 10.2 Å². The van der Waals surface area contributed by atoms with Crippen molar-refractivity contribution < 1.29 is 0 Å². The van der Waals surface area contributed by atoms with Crippen molar-refractivity contribution in [3.63, 3.8) is 0 Å². The fourth-order valence-electron chi connectivity index (χ4n) is 2.27. The summed E-state index contributed by atoms with van der Waals surface area (Å²) in [5.74, 6) is 2.42. The maximum atomic E-state index is 4.32. The Morgan fingerprint density at radius 1 is 1.47 bits per heavy atom. The van der Waals surface area contributed by atoms with Crippen LogP contribution in [0.4, 0.5) is 5.69 Å². The molecule has 1 saturated heterocycles. The standard InChI is InChI=1S/C15H25N3S/c1-12-11-19-8-7-18(12)14-10-16-6-5-13(14)9-17-15(2,3)4/h5-6,10,12,17H,7-9,11H2,1-4H3. The summed E-state index contributed by atoms with van der Waals surface area (Å²) in [6, 6.07) is 2.74. The summed E-state index contributed by atoms with van der Waals surface area (Å²) >= 11 is 2.05. The lowest BCUT2D eigenvalue weighted by Crippen LogP contribution is -2.42. The zero-order valence-electron chi connectivity index (χ0n) is 12.4. The van der Waals surface area contributed by atoms with Crippen LogP contribution in [-0.4, -0.2) is 34.6 Å². The lowest BCUT2D eigenvalue weighted by molar-refractivity contribution is 0.424. The van der Waals surface area contributed by atoms with Crippen LogP contribution in [0.1, 0.15) is 33.3 Å². The van der Waals surface area contributed by atoms with E-state index in [1.807, 2.05) is 24.2 Å². The first-order valence-electron chi connectivity index (χ1n) is 7.00. The molecule has 0 radical (unpaired) electrons. The average Bonchev–Trinajstić information content (AvgIpc) is 2.37. The molecule has 4 heteroatoms. The smallest absolute Gasteiger partial charge is 0.0601 e. The second-order valence-corrected chi connectivity index (χ2v) is 7.38. The van der Waals surface area contributed by atoms with E-state index >= 15 is 0 Å². The highest BCUT2D eigenvalue weighted by Gasteiger charge is 2.21. The predicted octanol–water partition coefficient (Wildman–Crippen LogP) is 2.91. The van der Waals surface area contributed by atoms with Gasteiger partial charge in [-0.2, -0.15) is 11.8 Å². The topological polar surface area (TPSA) is 28.2 Å². The van der Waals surface area contributed by atoms with Crippen molar-refractivity contribution in [2.45, 2.75) is 45.8 Å². The van der Waals surface area contributed by atoms with Crippen LogP contribution in [0, 0.1) is 0 Å². The fraction of sp³-hybridized carbons (Fsp3) is 0.667. The van der Waals surface area contributed by atoms with E-state index in [1.165, 1.54) is 22.8 Å². The molecule has 0 saturated carbocycles. The zero-order chi connectivity index (χ0) is 13.9. The molecule has 1 aliphatic heterocycles. The fourth-order valence-corrected chi connectivity index (χ4v) is 3.28. The van der Waals surface area contributed by atoms with E-state index in [0.29, 0.717) is 6.04 Å². The number of anilines is 1. The van der Waals surface area contributed by atoms with Gasteiger partial charge in [-0.3, -0.25) is 4.98 Å². The highest BCUT2D eigenvalue weighted by molar-refractivity contribution is 7.99. The van der Waals surface area contributed by atoms with Crippen LogP contribution in [-0.2, 0) is 6.54 Å². The van der Waals surface area contributed by atoms with Gasteiger partial charge < -0.3 is 10.2 Å². The van der Waals surface area contributed by atoms with Crippen LogP contribution >= 0.6 is 11.8 Å². The Morgan fingerprint density at radius 3 is 2.95 bits per heavy atom. The molecule has 1 unspecified atom stereocenters. The van der Waals surface area contributed by atoms with Gasteiger partial charge in [0, 0.05) is 42.4 Å². The summed E-state index contributed by atoms with van der Waals surface area (Å²) < 4.78 is 0. The van der Waals surface area contributed by atoms with Crippen LogP contribution in [0.2, 0.25) is 0 Å². The van der Waals surface area contributed by atoms with Crippen molar-refractivity contribution in [1.29, 1.82) is 0 Å². The number of pyridine rings is 1. The zero-order valence-corrected chi connectivity index (χ0v) is 13.3. The summed E-state index contributed by atoms with van der Waals surface area (Å²) in [6.45, 7) is 10.9. The average molecular weight is 279 g/mol. The van der Waals surface area contributed by atoms with E-state index in [0.717, 1.165) is 13.1 Å². The number of nitrogens with zero attached hydrogens (tertiary/aromatic N) is 2. The molecule has 3 nitrogen and oxygen atoms in total. The molecule has 106 valence electrons. The molecule has 0 spiro atoms. The van der Waals surface area contributed by atoms with Gasteiger partial charge in [0.1, 0.15) is 0 Å². The molecule has 1 fully saturated rings. The molecule has 0 bridgehead atoms. The number of aromatic nitrogens is 1. The number of rotatable bonds is 3. The van der Waals surface area contributed by atoms with Gasteiger partial charge in [-0.25, -0.2) is 0 Å². The van der Waals surface area contributed by atoms with Gasteiger partial charge in [-0.05, 0) is 39.3 Å². The predicted molar refractivity (Wildman–Crippen MR) is 85.0 cm³/mol. The van der Waals surface area contributed by atoms with Crippen LogP contribution in [0.3, 0.4) is 0 Å². The van der Waals surface area contributed by atoms with Gasteiger partial charge in [0.05, 0.1) is 11.9 Å². The van der Waals surface area contributed by atoms with Crippen LogP contribution in [0.25, 0.3) is 0 Å². The Morgan fingerprint density at radius 2 is 2.26 bits per heavy atom. The minimum absolute atomic E-state index is 0.143. The van der Waals surface area contributed by atoms with E-state index in [9.17, 15) is 0 Å². The molecule has 0 aromatic carbocycles. The maximum absolute atomic E-state index is 4.32. The highest BCUT2D eigenvalue weighted by Crippen LogP contribution is 2.26. The first-order valence-corrected chi connectivity index (χ1v) is 8.15. The van der Waals surface area contributed by atoms with E-state index in [2.05, 4.69) is 49.0 Å². The Balaban J connectivity index is 2.15. The molecule has 2 heterocycles. The largest absolute Gasteiger partial charge is 0.366 e.